The van der Waals surface area contributed by atoms with Gasteiger partial charge in [-0.3, -0.25) is 0 Å². The topological polar surface area (TPSA) is 40.5 Å². The Morgan fingerprint density at radius 1 is 1.27 bits per heavy atom. The lowest BCUT2D eigenvalue weighted by atomic mass is 9.99. The Labute approximate surface area is 67.2 Å². The zero-order chi connectivity index (χ0) is 7.84. The maximum Gasteiger partial charge on any atom is 0.0621 e. The fourth-order valence-corrected chi connectivity index (χ4v) is 2.87. The molecule has 0 spiro atoms. The third kappa shape index (κ3) is 1.09. The van der Waals surface area contributed by atoms with Gasteiger partial charge in [0.2, 0.25) is 0 Å². The Hall–Kier alpha value is -0.0800. The Morgan fingerprint density at radius 2 is 2.09 bits per heavy atom. The van der Waals surface area contributed by atoms with Crippen molar-refractivity contribution >= 4 is 0 Å². The van der Waals surface area contributed by atoms with Crippen LogP contribution in [-0.2, 0) is 0 Å². The molecular weight excluding hydrogens is 140 g/mol. The van der Waals surface area contributed by atoms with Crippen molar-refractivity contribution in [1.82, 2.24) is 0 Å². The summed E-state index contributed by atoms with van der Waals surface area (Å²) in [4.78, 5) is 0. The van der Waals surface area contributed by atoms with E-state index >= 15 is 0 Å². The predicted octanol–water partition coefficient (Wildman–Crippen LogP) is 0.776. The Bertz CT molecular complexity index is 146. The van der Waals surface area contributed by atoms with Crippen molar-refractivity contribution in [3.05, 3.63) is 0 Å². The monoisotopic (exact) mass is 156 g/mol. The first-order chi connectivity index (χ1) is 5.33. The molecule has 4 atom stereocenters. The zero-order valence-corrected chi connectivity index (χ0v) is 6.74. The van der Waals surface area contributed by atoms with Crippen LogP contribution >= 0.6 is 0 Å². The Kier molecular flexibility index (Phi) is 1.90. The first-order valence-corrected chi connectivity index (χ1v) is 4.62. The van der Waals surface area contributed by atoms with Gasteiger partial charge in [-0.05, 0) is 24.7 Å². The summed E-state index contributed by atoms with van der Waals surface area (Å²) in [6, 6.07) is 0. The molecule has 0 amide bonds. The lowest BCUT2D eigenvalue weighted by Gasteiger charge is -2.15. The third-order valence-electron chi connectivity index (χ3n) is 3.48. The van der Waals surface area contributed by atoms with E-state index in [9.17, 15) is 5.11 Å². The minimum absolute atomic E-state index is 0.175. The van der Waals surface area contributed by atoms with E-state index in [0.29, 0.717) is 5.92 Å². The average Bonchev–Trinajstić information content (AvgIpc) is 2.53. The molecule has 0 saturated heterocycles. The van der Waals surface area contributed by atoms with Gasteiger partial charge in [0, 0.05) is 12.5 Å². The molecule has 0 heterocycles. The highest BCUT2D eigenvalue weighted by Crippen LogP contribution is 2.46. The molecule has 4 unspecified atom stereocenters. The van der Waals surface area contributed by atoms with Crippen LogP contribution in [0.25, 0.3) is 0 Å². The van der Waals surface area contributed by atoms with Crippen LogP contribution in [0.2, 0.25) is 0 Å². The SMILES string of the molecule is OCC1CC2CCCC2C1O. The molecule has 2 N–H and O–H groups in total. The van der Waals surface area contributed by atoms with Crippen LogP contribution in [-0.4, -0.2) is 22.9 Å². The van der Waals surface area contributed by atoms with E-state index in [4.69, 9.17) is 5.11 Å². The van der Waals surface area contributed by atoms with Gasteiger partial charge in [-0.25, -0.2) is 0 Å². The number of hydrogen-bond donors (Lipinski definition) is 2. The van der Waals surface area contributed by atoms with Crippen molar-refractivity contribution in [2.45, 2.75) is 31.8 Å². The molecule has 2 fully saturated rings. The summed E-state index contributed by atoms with van der Waals surface area (Å²) in [5.41, 5.74) is 0. The molecule has 0 aromatic heterocycles. The minimum atomic E-state index is -0.201. The second-order valence-corrected chi connectivity index (χ2v) is 4.02. The highest BCUT2D eigenvalue weighted by atomic mass is 16.3. The third-order valence-corrected chi connectivity index (χ3v) is 3.48. The quantitative estimate of drug-likeness (QED) is 0.589. The summed E-state index contributed by atoms with van der Waals surface area (Å²) in [6.45, 7) is 0.175. The van der Waals surface area contributed by atoms with Gasteiger partial charge in [0.15, 0.2) is 0 Å². The smallest absolute Gasteiger partial charge is 0.0621 e. The standard InChI is InChI=1S/C9H16O2/c10-5-7-4-6-2-1-3-8(6)9(7)11/h6-11H,1-5H2. The number of rotatable bonds is 1. The molecule has 2 heteroatoms. The summed E-state index contributed by atoms with van der Waals surface area (Å²) in [6.07, 6.45) is 4.60. The fourth-order valence-electron chi connectivity index (χ4n) is 2.87. The summed E-state index contributed by atoms with van der Waals surface area (Å²) in [7, 11) is 0. The van der Waals surface area contributed by atoms with Gasteiger partial charge >= 0.3 is 0 Å². The van der Waals surface area contributed by atoms with Gasteiger partial charge in [0.05, 0.1) is 6.10 Å². The lowest BCUT2D eigenvalue weighted by molar-refractivity contribution is 0.0594. The maximum absolute atomic E-state index is 9.70. The van der Waals surface area contributed by atoms with E-state index in [-0.39, 0.29) is 18.6 Å². The Morgan fingerprint density at radius 3 is 2.73 bits per heavy atom. The number of fused-ring (bicyclic) bond motifs is 1. The molecule has 0 aliphatic heterocycles. The average molecular weight is 156 g/mol. The van der Waals surface area contributed by atoms with Crippen LogP contribution in [0.5, 0.6) is 0 Å². The molecular formula is C9H16O2. The van der Waals surface area contributed by atoms with Gasteiger partial charge in [-0.2, -0.15) is 0 Å². The number of hydrogen-bond acceptors (Lipinski definition) is 2. The summed E-state index contributed by atoms with van der Waals surface area (Å²) < 4.78 is 0. The molecule has 2 aliphatic rings. The van der Waals surface area contributed by atoms with Crippen LogP contribution in [0.1, 0.15) is 25.7 Å². The van der Waals surface area contributed by atoms with Crippen LogP contribution in [0.3, 0.4) is 0 Å². The van der Waals surface area contributed by atoms with Crippen molar-refractivity contribution in [2.24, 2.45) is 17.8 Å². The molecule has 0 aromatic rings. The van der Waals surface area contributed by atoms with E-state index in [1.54, 1.807) is 0 Å². The van der Waals surface area contributed by atoms with Crippen molar-refractivity contribution in [2.75, 3.05) is 6.61 Å². The highest BCUT2D eigenvalue weighted by Gasteiger charge is 2.43. The van der Waals surface area contributed by atoms with Gasteiger partial charge in [-0.15, -0.1) is 0 Å². The number of aliphatic hydroxyl groups is 2. The van der Waals surface area contributed by atoms with Crippen LogP contribution < -0.4 is 0 Å². The molecule has 64 valence electrons. The summed E-state index contributed by atoms with van der Waals surface area (Å²) >= 11 is 0. The van der Waals surface area contributed by atoms with Gasteiger partial charge < -0.3 is 10.2 Å². The highest BCUT2D eigenvalue weighted by molar-refractivity contribution is 4.93. The number of aliphatic hydroxyl groups excluding tert-OH is 2. The second-order valence-electron chi connectivity index (χ2n) is 4.02. The van der Waals surface area contributed by atoms with E-state index in [1.807, 2.05) is 0 Å². The van der Waals surface area contributed by atoms with Crippen LogP contribution in [0.15, 0.2) is 0 Å². The maximum atomic E-state index is 9.70. The van der Waals surface area contributed by atoms with E-state index in [2.05, 4.69) is 0 Å². The van der Waals surface area contributed by atoms with Crippen LogP contribution in [0.4, 0.5) is 0 Å². The van der Waals surface area contributed by atoms with Crippen LogP contribution in [0, 0.1) is 17.8 Å². The van der Waals surface area contributed by atoms with Crippen molar-refractivity contribution in [3.63, 3.8) is 0 Å². The van der Waals surface area contributed by atoms with Crippen molar-refractivity contribution < 1.29 is 10.2 Å². The first kappa shape index (κ1) is 7.56. The molecule has 0 aromatic carbocycles. The largest absolute Gasteiger partial charge is 0.396 e. The summed E-state index contributed by atoms with van der Waals surface area (Å²) in [5.74, 6) is 1.43. The molecule has 0 bridgehead atoms. The van der Waals surface area contributed by atoms with E-state index in [1.165, 1.54) is 19.3 Å². The fraction of sp³-hybridized carbons (Fsp3) is 1.00. The van der Waals surface area contributed by atoms with Gasteiger partial charge in [0.25, 0.3) is 0 Å². The molecule has 2 aliphatic carbocycles. The molecule has 2 nitrogen and oxygen atoms in total. The van der Waals surface area contributed by atoms with Gasteiger partial charge in [-0.1, -0.05) is 12.8 Å². The normalized spacial score (nSPS) is 49.6. The zero-order valence-electron chi connectivity index (χ0n) is 6.74. The minimum Gasteiger partial charge on any atom is -0.396 e. The van der Waals surface area contributed by atoms with E-state index in [0.717, 1.165) is 12.3 Å². The van der Waals surface area contributed by atoms with Gasteiger partial charge in [0.1, 0.15) is 0 Å². The Balaban J connectivity index is 2.04. The molecule has 2 saturated carbocycles. The van der Waals surface area contributed by atoms with Crippen molar-refractivity contribution in [1.29, 1.82) is 0 Å². The molecule has 11 heavy (non-hydrogen) atoms. The van der Waals surface area contributed by atoms with Crippen molar-refractivity contribution in [3.8, 4) is 0 Å². The molecule has 2 rings (SSSR count). The second kappa shape index (κ2) is 2.76. The lowest BCUT2D eigenvalue weighted by Crippen LogP contribution is -2.23. The molecule has 0 radical (unpaired) electrons. The van der Waals surface area contributed by atoms with E-state index < -0.39 is 0 Å². The first-order valence-electron chi connectivity index (χ1n) is 4.62. The summed E-state index contributed by atoms with van der Waals surface area (Å²) in [5, 5.41) is 18.6. The predicted molar refractivity (Wildman–Crippen MR) is 42.0 cm³/mol.